The second-order valence-electron chi connectivity index (χ2n) is 7.90. The van der Waals surface area contributed by atoms with Crippen LogP contribution in [0.25, 0.3) is 0 Å². The van der Waals surface area contributed by atoms with Gasteiger partial charge in [0.15, 0.2) is 12.6 Å². The van der Waals surface area contributed by atoms with Crippen LogP contribution in [0.1, 0.15) is 19.3 Å². The lowest BCUT2D eigenvalue weighted by molar-refractivity contribution is -0.121. The molecule has 2 aromatic carbocycles. The number of carbonyl (C=O) groups excluding carboxylic acids is 1. The molecule has 2 aliphatic heterocycles. The number of amides is 1. The highest BCUT2D eigenvalue weighted by molar-refractivity contribution is 5.97. The summed E-state index contributed by atoms with van der Waals surface area (Å²) in [7, 11) is 1.80. The van der Waals surface area contributed by atoms with Crippen LogP contribution in [-0.4, -0.2) is 57.7 Å². The molecule has 1 amide bonds. The van der Waals surface area contributed by atoms with Crippen LogP contribution >= 0.6 is 0 Å². The SMILES string of the molecule is CN=C(NCCCN1C(=O)COc2ccccc21)NC1CCN(c2ccccc2)CC1. The average Bonchev–Trinajstić information content (AvgIpc) is 2.83. The number of hydrogen-bond donors (Lipinski definition) is 2. The number of nitrogens with one attached hydrogen (secondary N) is 2. The van der Waals surface area contributed by atoms with Gasteiger partial charge in [-0.3, -0.25) is 9.79 Å². The van der Waals surface area contributed by atoms with E-state index in [0.29, 0.717) is 12.6 Å². The van der Waals surface area contributed by atoms with E-state index >= 15 is 0 Å². The summed E-state index contributed by atoms with van der Waals surface area (Å²) in [5.74, 6) is 1.60. The van der Waals surface area contributed by atoms with Gasteiger partial charge in [0, 0.05) is 45.0 Å². The number of fused-ring (bicyclic) bond motifs is 1. The van der Waals surface area contributed by atoms with Crippen molar-refractivity contribution in [2.45, 2.75) is 25.3 Å². The van der Waals surface area contributed by atoms with Gasteiger partial charge in [0.1, 0.15) is 5.75 Å². The first kappa shape index (κ1) is 21.0. The fourth-order valence-corrected chi connectivity index (χ4v) is 4.15. The molecule has 31 heavy (non-hydrogen) atoms. The van der Waals surface area contributed by atoms with Crippen molar-refractivity contribution in [2.75, 3.05) is 49.6 Å². The molecule has 4 rings (SSSR count). The van der Waals surface area contributed by atoms with Gasteiger partial charge in [-0.2, -0.15) is 0 Å². The Morgan fingerprint density at radius 2 is 1.84 bits per heavy atom. The largest absolute Gasteiger partial charge is 0.482 e. The third kappa shape index (κ3) is 5.29. The molecule has 0 aliphatic carbocycles. The van der Waals surface area contributed by atoms with E-state index in [0.717, 1.165) is 56.3 Å². The third-order valence-electron chi connectivity index (χ3n) is 5.84. The van der Waals surface area contributed by atoms with Crippen LogP contribution in [0.2, 0.25) is 0 Å². The van der Waals surface area contributed by atoms with Crippen molar-refractivity contribution >= 4 is 23.2 Å². The van der Waals surface area contributed by atoms with Crippen molar-refractivity contribution in [3.8, 4) is 5.75 Å². The Labute approximate surface area is 184 Å². The number of para-hydroxylation sites is 3. The highest BCUT2D eigenvalue weighted by Gasteiger charge is 2.24. The Kier molecular flexibility index (Phi) is 6.92. The van der Waals surface area contributed by atoms with Crippen LogP contribution in [0.5, 0.6) is 5.75 Å². The number of anilines is 2. The Hall–Kier alpha value is -3.22. The third-order valence-corrected chi connectivity index (χ3v) is 5.84. The van der Waals surface area contributed by atoms with E-state index in [1.165, 1.54) is 5.69 Å². The maximum Gasteiger partial charge on any atom is 0.265 e. The molecule has 0 spiro atoms. The molecule has 7 nitrogen and oxygen atoms in total. The predicted molar refractivity (Wildman–Crippen MR) is 125 cm³/mol. The molecule has 0 saturated carbocycles. The number of nitrogens with zero attached hydrogens (tertiary/aromatic N) is 3. The van der Waals surface area contributed by atoms with Gasteiger partial charge in [-0.1, -0.05) is 30.3 Å². The summed E-state index contributed by atoms with van der Waals surface area (Å²) in [5, 5.41) is 6.95. The predicted octanol–water partition coefficient (Wildman–Crippen LogP) is 2.64. The van der Waals surface area contributed by atoms with Gasteiger partial charge >= 0.3 is 0 Å². The zero-order valence-corrected chi connectivity index (χ0v) is 18.1. The van der Waals surface area contributed by atoms with E-state index in [9.17, 15) is 4.79 Å². The lowest BCUT2D eigenvalue weighted by Crippen LogP contribution is -2.49. The Morgan fingerprint density at radius 3 is 2.61 bits per heavy atom. The molecule has 7 heteroatoms. The molecule has 2 N–H and O–H groups in total. The number of aliphatic imine (C=N–C) groups is 1. The normalized spacial score (nSPS) is 17.2. The molecule has 164 valence electrons. The molecule has 0 aromatic heterocycles. The number of carbonyl (C=O) groups is 1. The molecule has 0 atom stereocenters. The van der Waals surface area contributed by atoms with Gasteiger partial charge in [-0.25, -0.2) is 0 Å². The van der Waals surface area contributed by atoms with E-state index in [4.69, 9.17) is 4.74 Å². The zero-order chi connectivity index (χ0) is 21.5. The minimum absolute atomic E-state index is 0.00591. The van der Waals surface area contributed by atoms with Crippen LogP contribution in [0.4, 0.5) is 11.4 Å². The van der Waals surface area contributed by atoms with Crippen molar-refractivity contribution in [3.05, 3.63) is 54.6 Å². The van der Waals surface area contributed by atoms with Crippen molar-refractivity contribution in [1.82, 2.24) is 10.6 Å². The lowest BCUT2D eigenvalue weighted by Gasteiger charge is -2.34. The number of guanidine groups is 1. The smallest absolute Gasteiger partial charge is 0.265 e. The number of hydrogen-bond acceptors (Lipinski definition) is 4. The van der Waals surface area contributed by atoms with Crippen molar-refractivity contribution < 1.29 is 9.53 Å². The Bertz CT molecular complexity index is 894. The Morgan fingerprint density at radius 1 is 1.10 bits per heavy atom. The maximum atomic E-state index is 12.3. The molecule has 2 aromatic rings. The highest BCUT2D eigenvalue weighted by atomic mass is 16.5. The van der Waals surface area contributed by atoms with E-state index in [1.807, 2.05) is 29.2 Å². The minimum Gasteiger partial charge on any atom is -0.482 e. The summed E-state index contributed by atoms with van der Waals surface area (Å²) >= 11 is 0. The van der Waals surface area contributed by atoms with Gasteiger partial charge in [0.25, 0.3) is 5.91 Å². The molecule has 0 radical (unpaired) electrons. The summed E-state index contributed by atoms with van der Waals surface area (Å²) in [6.45, 7) is 3.58. The molecular weight excluding hydrogens is 390 g/mol. The molecule has 2 heterocycles. The van der Waals surface area contributed by atoms with Gasteiger partial charge in [0.05, 0.1) is 5.69 Å². The van der Waals surface area contributed by atoms with Crippen LogP contribution in [-0.2, 0) is 4.79 Å². The number of rotatable bonds is 6. The second-order valence-corrected chi connectivity index (χ2v) is 7.90. The summed E-state index contributed by atoms with van der Waals surface area (Å²) in [6.07, 6.45) is 2.98. The summed E-state index contributed by atoms with van der Waals surface area (Å²) in [6, 6.07) is 18.7. The highest BCUT2D eigenvalue weighted by Crippen LogP contribution is 2.31. The second kappa shape index (κ2) is 10.2. The zero-order valence-electron chi connectivity index (χ0n) is 18.1. The van der Waals surface area contributed by atoms with Crippen molar-refractivity contribution in [1.29, 1.82) is 0 Å². The molecule has 1 saturated heterocycles. The number of ether oxygens (including phenoxy) is 1. The van der Waals surface area contributed by atoms with Gasteiger partial charge in [-0.15, -0.1) is 0 Å². The molecule has 0 bridgehead atoms. The first-order valence-corrected chi connectivity index (χ1v) is 11.0. The fraction of sp³-hybridized carbons (Fsp3) is 0.417. The van der Waals surface area contributed by atoms with Crippen molar-refractivity contribution in [2.24, 2.45) is 4.99 Å². The van der Waals surface area contributed by atoms with E-state index in [2.05, 4.69) is 50.9 Å². The van der Waals surface area contributed by atoms with Gasteiger partial charge in [0.2, 0.25) is 0 Å². The van der Waals surface area contributed by atoms with Gasteiger partial charge in [-0.05, 0) is 43.5 Å². The first-order chi connectivity index (χ1) is 15.2. The molecule has 0 unspecified atom stereocenters. The minimum atomic E-state index is 0.00591. The molecule has 2 aliphatic rings. The van der Waals surface area contributed by atoms with Crippen LogP contribution < -0.4 is 25.2 Å². The molecule has 1 fully saturated rings. The maximum absolute atomic E-state index is 12.3. The number of piperidine rings is 1. The monoisotopic (exact) mass is 421 g/mol. The van der Waals surface area contributed by atoms with Gasteiger partial charge < -0.3 is 25.2 Å². The summed E-state index contributed by atoms with van der Waals surface area (Å²) < 4.78 is 5.51. The fourth-order valence-electron chi connectivity index (χ4n) is 4.15. The average molecular weight is 422 g/mol. The van der Waals surface area contributed by atoms with Crippen LogP contribution in [0.15, 0.2) is 59.6 Å². The lowest BCUT2D eigenvalue weighted by atomic mass is 10.0. The number of benzene rings is 2. The van der Waals surface area contributed by atoms with E-state index in [-0.39, 0.29) is 12.5 Å². The quantitative estimate of drug-likeness (QED) is 0.426. The van der Waals surface area contributed by atoms with Crippen LogP contribution in [0.3, 0.4) is 0 Å². The Balaban J connectivity index is 1.20. The standard InChI is InChI=1S/C24H31N5O2/c1-25-24(27-19-12-16-28(17-13-19)20-8-3-2-4-9-20)26-14-7-15-29-21-10-5-6-11-22(21)31-18-23(29)30/h2-6,8-11,19H,7,12-18H2,1H3,(H2,25,26,27). The molecular formula is C24H31N5O2. The topological polar surface area (TPSA) is 69.2 Å². The van der Waals surface area contributed by atoms with Crippen LogP contribution in [0, 0.1) is 0 Å². The summed E-state index contributed by atoms with van der Waals surface area (Å²) in [4.78, 5) is 20.9. The van der Waals surface area contributed by atoms with Crippen molar-refractivity contribution in [3.63, 3.8) is 0 Å². The van der Waals surface area contributed by atoms with E-state index < -0.39 is 0 Å². The van der Waals surface area contributed by atoms with E-state index in [1.54, 1.807) is 7.05 Å². The first-order valence-electron chi connectivity index (χ1n) is 11.0. The summed E-state index contributed by atoms with van der Waals surface area (Å²) in [5.41, 5.74) is 2.15.